The van der Waals surface area contributed by atoms with Crippen LogP contribution in [0.25, 0.3) is 0 Å². The number of carbonyl (C=O) groups is 1. The molecule has 124 valence electrons. The average molecular weight is 327 g/mol. The minimum atomic E-state index is -0.476. The molecule has 1 aliphatic heterocycles. The van der Waals surface area contributed by atoms with Crippen molar-refractivity contribution in [2.45, 2.75) is 13.0 Å². The summed E-state index contributed by atoms with van der Waals surface area (Å²) in [6.07, 6.45) is 3.44. The third-order valence-corrected chi connectivity index (χ3v) is 4.00. The predicted octanol–water partition coefficient (Wildman–Crippen LogP) is 1.65. The van der Waals surface area contributed by atoms with Crippen LogP contribution in [0.3, 0.4) is 0 Å². The molecule has 24 heavy (non-hydrogen) atoms. The standard InChI is InChI=1S/C16H17N5O3/c1-19(2)12-3-5-17-15(8-12)16(22)20-6-4-14-11(10-20)7-13(9-18-14)21(23)24/h3,5,7-9H,4,6,10H2,1-2H3. The molecule has 0 aliphatic carbocycles. The molecular weight excluding hydrogens is 310 g/mol. The second kappa shape index (κ2) is 6.23. The van der Waals surface area contributed by atoms with Gasteiger partial charge in [0.2, 0.25) is 0 Å². The van der Waals surface area contributed by atoms with Gasteiger partial charge in [0.05, 0.1) is 4.92 Å². The number of anilines is 1. The molecule has 0 N–H and O–H groups in total. The van der Waals surface area contributed by atoms with Crippen LogP contribution in [0.5, 0.6) is 0 Å². The lowest BCUT2D eigenvalue weighted by Gasteiger charge is -2.28. The minimum Gasteiger partial charge on any atom is -0.378 e. The van der Waals surface area contributed by atoms with E-state index in [4.69, 9.17) is 0 Å². The highest BCUT2D eigenvalue weighted by Gasteiger charge is 2.25. The summed E-state index contributed by atoms with van der Waals surface area (Å²) in [5, 5.41) is 10.9. The fourth-order valence-corrected chi connectivity index (χ4v) is 2.66. The van der Waals surface area contributed by atoms with Crippen molar-refractivity contribution in [3.8, 4) is 0 Å². The zero-order valence-corrected chi connectivity index (χ0v) is 13.5. The third kappa shape index (κ3) is 3.03. The van der Waals surface area contributed by atoms with Gasteiger partial charge in [-0.2, -0.15) is 0 Å². The largest absolute Gasteiger partial charge is 0.378 e. The maximum absolute atomic E-state index is 12.7. The van der Waals surface area contributed by atoms with E-state index in [9.17, 15) is 14.9 Å². The van der Waals surface area contributed by atoms with Crippen molar-refractivity contribution < 1.29 is 9.72 Å². The van der Waals surface area contributed by atoms with Gasteiger partial charge in [-0.15, -0.1) is 0 Å². The molecule has 2 aromatic rings. The monoisotopic (exact) mass is 327 g/mol. The van der Waals surface area contributed by atoms with Gasteiger partial charge in [0, 0.05) is 57.3 Å². The summed E-state index contributed by atoms with van der Waals surface area (Å²) in [5.74, 6) is -0.184. The topological polar surface area (TPSA) is 92.5 Å². The zero-order chi connectivity index (χ0) is 17.3. The number of carbonyl (C=O) groups excluding carboxylic acids is 1. The molecule has 0 spiro atoms. The van der Waals surface area contributed by atoms with E-state index in [-0.39, 0.29) is 11.6 Å². The van der Waals surface area contributed by atoms with E-state index < -0.39 is 4.92 Å². The predicted molar refractivity (Wildman–Crippen MR) is 87.9 cm³/mol. The summed E-state index contributed by atoms with van der Waals surface area (Å²) < 4.78 is 0. The van der Waals surface area contributed by atoms with E-state index in [1.54, 1.807) is 17.2 Å². The van der Waals surface area contributed by atoms with Crippen molar-refractivity contribution in [1.29, 1.82) is 0 Å². The summed E-state index contributed by atoms with van der Waals surface area (Å²) in [6.45, 7) is 0.821. The molecule has 2 aromatic heterocycles. The Morgan fingerprint density at radius 1 is 1.33 bits per heavy atom. The Hall–Kier alpha value is -3.03. The smallest absolute Gasteiger partial charge is 0.287 e. The first kappa shape index (κ1) is 15.9. The number of nitro groups is 1. The number of fused-ring (bicyclic) bond motifs is 1. The lowest BCUT2D eigenvalue weighted by atomic mass is 10.0. The SMILES string of the molecule is CN(C)c1ccnc(C(=O)N2CCc3ncc([N+](=O)[O-])cc3C2)c1. The number of hydrogen-bond donors (Lipinski definition) is 0. The Bertz CT molecular complexity index is 806. The second-order valence-electron chi connectivity index (χ2n) is 5.83. The number of hydrogen-bond acceptors (Lipinski definition) is 6. The Balaban J connectivity index is 1.84. The Labute approximate surface area is 138 Å². The fourth-order valence-electron chi connectivity index (χ4n) is 2.66. The van der Waals surface area contributed by atoms with Crippen LogP contribution in [-0.2, 0) is 13.0 Å². The Kier molecular flexibility index (Phi) is 4.11. The normalized spacial score (nSPS) is 13.3. The zero-order valence-electron chi connectivity index (χ0n) is 13.5. The molecule has 0 saturated heterocycles. The van der Waals surface area contributed by atoms with E-state index in [1.807, 2.05) is 25.1 Å². The second-order valence-corrected chi connectivity index (χ2v) is 5.83. The minimum absolute atomic E-state index is 0.0595. The van der Waals surface area contributed by atoms with Crippen LogP contribution in [0.15, 0.2) is 30.6 Å². The first-order chi connectivity index (χ1) is 11.5. The van der Waals surface area contributed by atoms with Crippen molar-refractivity contribution >= 4 is 17.3 Å². The van der Waals surface area contributed by atoms with Crippen LogP contribution in [-0.4, -0.2) is 46.3 Å². The van der Waals surface area contributed by atoms with Gasteiger partial charge in [-0.05, 0) is 17.7 Å². The maximum atomic E-state index is 12.7. The number of amides is 1. The molecule has 3 rings (SSSR count). The van der Waals surface area contributed by atoms with Gasteiger partial charge in [-0.1, -0.05) is 0 Å². The van der Waals surface area contributed by atoms with Crippen LogP contribution in [0.4, 0.5) is 11.4 Å². The van der Waals surface area contributed by atoms with Crippen molar-refractivity contribution in [3.63, 3.8) is 0 Å². The van der Waals surface area contributed by atoms with Crippen LogP contribution >= 0.6 is 0 Å². The lowest BCUT2D eigenvalue weighted by Crippen LogP contribution is -2.36. The van der Waals surface area contributed by atoms with E-state index in [1.165, 1.54) is 12.3 Å². The first-order valence-electron chi connectivity index (χ1n) is 7.50. The molecule has 0 bridgehead atoms. The molecule has 0 atom stereocenters. The summed E-state index contributed by atoms with van der Waals surface area (Å²) in [6, 6.07) is 5.06. The molecule has 0 unspecified atom stereocenters. The molecule has 8 nitrogen and oxygen atoms in total. The highest BCUT2D eigenvalue weighted by molar-refractivity contribution is 5.93. The molecular formula is C16H17N5O3. The molecule has 0 radical (unpaired) electrons. The van der Waals surface area contributed by atoms with Gasteiger partial charge in [0.1, 0.15) is 11.9 Å². The summed E-state index contributed by atoms with van der Waals surface area (Å²) >= 11 is 0. The number of nitrogens with zero attached hydrogens (tertiary/aromatic N) is 5. The number of aromatic nitrogens is 2. The van der Waals surface area contributed by atoms with Gasteiger partial charge >= 0.3 is 0 Å². The molecule has 1 aliphatic rings. The van der Waals surface area contributed by atoms with Crippen LogP contribution in [0, 0.1) is 10.1 Å². The van der Waals surface area contributed by atoms with Gasteiger partial charge in [-0.3, -0.25) is 24.9 Å². The summed E-state index contributed by atoms with van der Waals surface area (Å²) in [4.78, 5) is 35.0. The lowest BCUT2D eigenvalue weighted by molar-refractivity contribution is -0.385. The van der Waals surface area contributed by atoms with E-state index in [2.05, 4.69) is 9.97 Å². The van der Waals surface area contributed by atoms with Crippen LogP contribution in [0.2, 0.25) is 0 Å². The van der Waals surface area contributed by atoms with Crippen LogP contribution in [0.1, 0.15) is 21.7 Å². The van der Waals surface area contributed by atoms with Crippen molar-refractivity contribution in [2.24, 2.45) is 0 Å². The average Bonchev–Trinajstić information content (AvgIpc) is 2.60. The quantitative estimate of drug-likeness (QED) is 0.628. The molecule has 3 heterocycles. The third-order valence-electron chi connectivity index (χ3n) is 4.00. The maximum Gasteiger partial charge on any atom is 0.287 e. The van der Waals surface area contributed by atoms with Gasteiger partial charge in [0.15, 0.2) is 0 Å². The van der Waals surface area contributed by atoms with Crippen LogP contribution < -0.4 is 4.90 Å². The van der Waals surface area contributed by atoms with E-state index >= 15 is 0 Å². The summed E-state index contributed by atoms with van der Waals surface area (Å²) in [5.41, 5.74) is 2.72. The molecule has 0 aromatic carbocycles. The fraction of sp³-hybridized carbons (Fsp3) is 0.312. The van der Waals surface area contributed by atoms with E-state index in [0.29, 0.717) is 30.8 Å². The molecule has 0 saturated carbocycles. The number of rotatable bonds is 3. The Morgan fingerprint density at radius 2 is 2.12 bits per heavy atom. The Morgan fingerprint density at radius 3 is 2.83 bits per heavy atom. The van der Waals surface area contributed by atoms with E-state index in [0.717, 1.165) is 11.4 Å². The highest BCUT2D eigenvalue weighted by atomic mass is 16.6. The first-order valence-corrected chi connectivity index (χ1v) is 7.50. The van der Waals surface area contributed by atoms with Crippen molar-refractivity contribution in [1.82, 2.24) is 14.9 Å². The highest BCUT2D eigenvalue weighted by Crippen LogP contribution is 2.23. The van der Waals surface area contributed by atoms with Gasteiger partial charge < -0.3 is 9.80 Å². The molecule has 8 heteroatoms. The molecule has 0 fully saturated rings. The van der Waals surface area contributed by atoms with Crippen molar-refractivity contribution in [2.75, 3.05) is 25.5 Å². The van der Waals surface area contributed by atoms with Gasteiger partial charge in [-0.25, -0.2) is 0 Å². The number of pyridine rings is 2. The summed E-state index contributed by atoms with van der Waals surface area (Å²) in [7, 11) is 3.79. The van der Waals surface area contributed by atoms with Crippen molar-refractivity contribution in [3.05, 3.63) is 57.7 Å². The molecule has 1 amide bonds. The van der Waals surface area contributed by atoms with Gasteiger partial charge in [0.25, 0.3) is 11.6 Å².